The Morgan fingerprint density at radius 3 is 2.96 bits per heavy atom. The summed E-state index contributed by atoms with van der Waals surface area (Å²) in [5, 5.41) is 3.52. The first-order chi connectivity index (χ1) is 11.1. The Kier molecular flexibility index (Phi) is 6.67. The molecule has 0 spiro atoms. The SMILES string of the molecule is CCN1CCC[C@H]1CNCc1ccc(OCC(N)=O)c(OC)c1. The highest BCUT2D eigenvalue weighted by Crippen LogP contribution is 2.28. The first kappa shape index (κ1) is 17.6. The molecule has 0 saturated carbocycles. The van der Waals surface area contributed by atoms with Gasteiger partial charge in [0.1, 0.15) is 0 Å². The zero-order valence-electron chi connectivity index (χ0n) is 14.0. The standard InChI is InChI=1S/C17H27N3O3/c1-3-20-8-4-5-14(20)11-19-10-13-6-7-15(16(9-13)22-2)23-12-17(18)21/h6-7,9,14,19H,3-5,8,10-12H2,1-2H3,(H2,18,21)/t14-/m0/s1. The molecule has 6 nitrogen and oxygen atoms in total. The van der Waals surface area contributed by atoms with Crippen LogP contribution in [0.25, 0.3) is 0 Å². The van der Waals surface area contributed by atoms with E-state index >= 15 is 0 Å². The number of hydrogen-bond acceptors (Lipinski definition) is 5. The summed E-state index contributed by atoms with van der Waals surface area (Å²) in [5.74, 6) is 0.638. The Hall–Kier alpha value is -1.79. The molecule has 23 heavy (non-hydrogen) atoms. The van der Waals surface area contributed by atoms with Gasteiger partial charge in [-0.3, -0.25) is 9.69 Å². The number of primary amides is 1. The van der Waals surface area contributed by atoms with Crippen molar-refractivity contribution in [2.45, 2.75) is 32.4 Å². The molecular weight excluding hydrogens is 294 g/mol. The van der Waals surface area contributed by atoms with Crippen LogP contribution in [-0.2, 0) is 11.3 Å². The average Bonchev–Trinajstić information content (AvgIpc) is 3.00. The maximum absolute atomic E-state index is 10.8. The number of ether oxygens (including phenoxy) is 2. The molecule has 1 heterocycles. The Labute approximate surface area is 137 Å². The van der Waals surface area contributed by atoms with Crippen molar-refractivity contribution in [2.24, 2.45) is 5.73 Å². The van der Waals surface area contributed by atoms with Crippen molar-refractivity contribution in [1.82, 2.24) is 10.2 Å². The Balaban J connectivity index is 1.86. The van der Waals surface area contributed by atoms with Crippen LogP contribution in [0.15, 0.2) is 18.2 Å². The molecule has 1 aromatic rings. The summed E-state index contributed by atoms with van der Waals surface area (Å²) in [6.45, 7) is 6.17. The number of likely N-dealkylation sites (tertiary alicyclic amines) is 1. The summed E-state index contributed by atoms with van der Waals surface area (Å²) in [7, 11) is 1.58. The van der Waals surface area contributed by atoms with Crippen LogP contribution in [0.1, 0.15) is 25.3 Å². The molecule has 1 atom stereocenters. The lowest BCUT2D eigenvalue weighted by Crippen LogP contribution is -2.37. The van der Waals surface area contributed by atoms with E-state index in [1.165, 1.54) is 19.4 Å². The molecular formula is C17H27N3O3. The summed E-state index contributed by atoms with van der Waals surface area (Å²) < 4.78 is 10.7. The molecule has 0 aromatic heterocycles. The third kappa shape index (κ3) is 5.11. The Morgan fingerprint density at radius 1 is 1.43 bits per heavy atom. The number of methoxy groups -OCH3 is 1. The second-order valence-electron chi connectivity index (χ2n) is 5.80. The Morgan fingerprint density at radius 2 is 2.26 bits per heavy atom. The molecule has 1 fully saturated rings. The number of benzene rings is 1. The number of nitrogens with one attached hydrogen (secondary N) is 1. The topological polar surface area (TPSA) is 76.8 Å². The van der Waals surface area contributed by atoms with Gasteiger partial charge in [-0.25, -0.2) is 0 Å². The number of carbonyl (C=O) groups excluding carboxylic acids is 1. The number of carbonyl (C=O) groups is 1. The van der Waals surface area contributed by atoms with Gasteiger partial charge in [-0.2, -0.15) is 0 Å². The summed E-state index contributed by atoms with van der Waals surface area (Å²) in [6.07, 6.45) is 2.56. The third-order valence-electron chi connectivity index (χ3n) is 4.21. The molecule has 0 aliphatic carbocycles. The lowest BCUT2D eigenvalue weighted by molar-refractivity contribution is -0.119. The van der Waals surface area contributed by atoms with Crippen molar-refractivity contribution in [3.05, 3.63) is 23.8 Å². The van der Waals surface area contributed by atoms with Gasteiger partial charge >= 0.3 is 0 Å². The predicted molar refractivity (Wildman–Crippen MR) is 89.7 cm³/mol. The van der Waals surface area contributed by atoms with Crippen molar-refractivity contribution >= 4 is 5.91 Å². The minimum absolute atomic E-state index is 0.150. The van der Waals surface area contributed by atoms with E-state index in [1.807, 2.05) is 18.2 Å². The summed E-state index contributed by atoms with van der Waals surface area (Å²) >= 11 is 0. The monoisotopic (exact) mass is 321 g/mol. The fraction of sp³-hybridized carbons (Fsp3) is 0.588. The maximum Gasteiger partial charge on any atom is 0.255 e. The van der Waals surface area contributed by atoms with Crippen LogP contribution in [0, 0.1) is 0 Å². The molecule has 1 aromatic carbocycles. The van der Waals surface area contributed by atoms with Crippen molar-refractivity contribution in [1.29, 1.82) is 0 Å². The van der Waals surface area contributed by atoms with Crippen LogP contribution in [0.4, 0.5) is 0 Å². The average molecular weight is 321 g/mol. The lowest BCUT2D eigenvalue weighted by Gasteiger charge is -2.23. The van der Waals surface area contributed by atoms with E-state index in [0.29, 0.717) is 17.5 Å². The van der Waals surface area contributed by atoms with E-state index in [9.17, 15) is 4.79 Å². The van der Waals surface area contributed by atoms with Gasteiger partial charge < -0.3 is 20.5 Å². The van der Waals surface area contributed by atoms with Gasteiger partial charge in [0.05, 0.1) is 7.11 Å². The second-order valence-corrected chi connectivity index (χ2v) is 5.80. The molecule has 2 rings (SSSR count). The van der Waals surface area contributed by atoms with Gasteiger partial charge in [0.15, 0.2) is 18.1 Å². The third-order valence-corrected chi connectivity index (χ3v) is 4.21. The smallest absolute Gasteiger partial charge is 0.255 e. The van der Waals surface area contributed by atoms with Gasteiger partial charge in [-0.05, 0) is 43.6 Å². The van der Waals surface area contributed by atoms with Crippen LogP contribution in [0.5, 0.6) is 11.5 Å². The highest BCUT2D eigenvalue weighted by atomic mass is 16.5. The van der Waals surface area contributed by atoms with Crippen LogP contribution >= 0.6 is 0 Å². The molecule has 0 radical (unpaired) electrons. The molecule has 0 unspecified atom stereocenters. The highest BCUT2D eigenvalue weighted by Gasteiger charge is 2.22. The van der Waals surface area contributed by atoms with Gasteiger partial charge in [-0.15, -0.1) is 0 Å². The van der Waals surface area contributed by atoms with Crippen molar-refractivity contribution < 1.29 is 14.3 Å². The lowest BCUT2D eigenvalue weighted by atomic mass is 10.2. The zero-order chi connectivity index (χ0) is 16.7. The largest absolute Gasteiger partial charge is 0.493 e. The van der Waals surface area contributed by atoms with Gasteiger partial charge in [0.25, 0.3) is 5.91 Å². The normalized spacial score (nSPS) is 18.1. The molecule has 3 N–H and O–H groups in total. The van der Waals surface area contributed by atoms with Crippen molar-refractivity contribution in [3.63, 3.8) is 0 Å². The molecule has 1 saturated heterocycles. The van der Waals surface area contributed by atoms with Crippen LogP contribution in [0.2, 0.25) is 0 Å². The van der Waals surface area contributed by atoms with Gasteiger partial charge in [0.2, 0.25) is 0 Å². The molecule has 1 aliphatic heterocycles. The van der Waals surface area contributed by atoms with E-state index in [-0.39, 0.29) is 6.61 Å². The number of rotatable bonds is 9. The summed E-state index contributed by atoms with van der Waals surface area (Å²) in [4.78, 5) is 13.3. The number of amides is 1. The summed E-state index contributed by atoms with van der Waals surface area (Å²) in [5.41, 5.74) is 6.21. The minimum Gasteiger partial charge on any atom is -0.493 e. The first-order valence-electron chi connectivity index (χ1n) is 8.16. The number of hydrogen-bond donors (Lipinski definition) is 2. The highest BCUT2D eigenvalue weighted by molar-refractivity contribution is 5.75. The van der Waals surface area contributed by atoms with E-state index in [0.717, 1.165) is 25.2 Å². The number of nitrogens with two attached hydrogens (primary N) is 1. The van der Waals surface area contributed by atoms with E-state index in [4.69, 9.17) is 15.2 Å². The molecule has 1 amide bonds. The zero-order valence-corrected chi connectivity index (χ0v) is 14.0. The van der Waals surface area contributed by atoms with Gasteiger partial charge in [-0.1, -0.05) is 13.0 Å². The van der Waals surface area contributed by atoms with E-state index in [2.05, 4.69) is 17.1 Å². The molecule has 128 valence electrons. The number of likely N-dealkylation sites (N-methyl/N-ethyl adjacent to an activating group) is 1. The van der Waals surface area contributed by atoms with Crippen LogP contribution in [0.3, 0.4) is 0 Å². The van der Waals surface area contributed by atoms with Gasteiger partial charge in [0, 0.05) is 19.1 Å². The number of nitrogens with zero attached hydrogens (tertiary/aromatic N) is 1. The van der Waals surface area contributed by atoms with E-state index in [1.54, 1.807) is 7.11 Å². The fourth-order valence-electron chi connectivity index (χ4n) is 3.02. The van der Waals surface area contributed by atoms with Crippen LogP contribution in [-0.4, -0.2) is 50.2 Å². The molecule has 0 bridgehead atoms. The minimum atomic E-state index is -0.505. The first-order valence-corrected chi connectivity index (χ1v) is 8.16. The Bertz CT molecular complexity index is 522. The summed E-state index contributed by atoms with van der Waals surface area (Å²) in [6, 6.07) is 6.35. The van der Waals surface area contributed by atoms with Crippen LogP contribution < -0.4 is 20.5 Å². The molecule has 6 heteroatoms. The predicted octanol–water partition coefficient (Wildman–Crippen LogP) is 1.13. The quantitative estimate of drug-likeness (QED) is 0.713. The maximum atomic E-state index is 10.8. The second kappa shape index (κ2) is 8.74. The van der Waals surface area contributed by atoms with Crippen molar-refractivity contribution in [2.75, 3.05) is 33.4 Å². The molecule has 1 aliphatic rings. The fourth-order valence-corrected chi connectivity index (χ4v) is 3.02. The van der Waals surface area contributed by atoms with E-state index < -0.39 is 5.91 Å². The van der Waals surface area contributed by atoms with Crippen molar-refractivity contribution in [3.8, 4) is 11.5 Å².